The van der Waals surface area contributed by atoms with E-state index < -0.39 is 16.7 Å². The maximum atomic E-state index is 12.8. The molecule has 28 heavy (non-hydrogen) atoms. The van der Waals surface area contributed by atoms with Crippen LogP contribution in [0.1, 0.15) is 39.1 Å². The molecule has 1 aliphatic heterocycles. The minimum Gasteiger partial charge on any atom is -0.497 e. The molecule has 0 bridgehead atoms. The lowest BCUT2D eigenvalue weighted by Gasteiger charge is -2.24. The number of benzene rings is 2. The van der Waals surface area contributed by atoms with Crippen molar-refractivity contribution < 1.29 is 24.1 Å². The highest BCUT2D eigenvalue weighted by Gasteiger charge is 2.44. The van der Waals surface area contributed by atoms with Crippen LogP contribution >= 0.6 is 0 Å². The van der Waals surface area contributed by atoms with Crippen LogP contribution < -0.4 is 9.64 Å². The second kappa shape index (κ2) is 7.05. The second-order valence-electron chi connectivity index (χ2n) is 7.11. The number of hydrogen-bond acceptors (Lipinski definition) is 5. The summed E-state index contributed by atoms with van der Waals surface area (Å²) in [6.07, 6.45) is 2.07. The normalized spacial score (nSPS) is 16.8. The van der Waals surface area contributed by atoms with Crippen molar-refractivity contribution in [2.45, 2.75) is 25.4 Å². The smallest absolute Gasteiger partial charge is 0.282 e. The molecule has 1 heterocycles. The number of carbonyl (C=O) groups is 2. The number of nitro benzene ring substituents is 1. The van der Waals surface area contributed by atoms with Crippen molar-refractivity contribution in [1.29, 1.82) is 0 Å². The van der Waals surface area contributed by atoms with Gasteiger partial charge in [0.2, 0.25) is 0 Å². The topological polar surface area (TPSA) is 94.2 Å². The number of nitrogens with one attached hydrogen (secondary N) is 1. The fraction of sp³-hybridized carbons (Fsp3) is 0.300. The number of fused-ring (bicyclic) bond motifs is 1. The Morgan fingerprint density at radius 3 is 2.46 bits per heavy atom. The van der Waals surface area contributed by atoms with E-state index in [1.165, 1.54) is 18.2 Å². The number of methoxy groups -OCH3 is 1. The molecule has 1 aliphatic carbocycles. The van der Waals surface area contributed by atoms with Crippen molar-refractivity contribution in [2.75, 3.05) is 13.8 Å². The number of rotatable bonds is 7. The van der Waals surface area contributed by atoms with Crippen LogP contribution in [0.5, 0.6) is 5.75 Å². The number of amides is 2. The number of carbonyl (C=O) groups excluding carboxylic acids is 2. The molecule has 4 rings (SSSR count). The Kier molecular flexibility index (Phi) is 4.56. The van der Waals surface area contributed by atoms with Crippen molar-refractivity contribution in [3.05, 3.63) is 69.3 Å². The van der Waals surface area contributed by atoms with Crippen LogP contribution in [0.15, 0.2) is 42.5 Å². The molecule has 2 aromatic carbocycles. The Labute approximate surface area is 161 Å². The van der Waals surface area contributed by atoms with Gasteiger partial charge in [0.25, 0.3) is 17.5 Å². The summed E-state index contributed by atoms with van der Waals surface area (Å²) >= 11 is 0. The van der Waals surface area contributed by atoms with Gasteiger partial charge in [-0.25, -0.2) is 4.90 Å². The molecule has 1 N–H and O–H groups in total. The first kappa shape index (κ1) is 18.1. The largest absolute Gasteiger partial charge is 0.497 e. The van der Waals surface area contributed by atoms with Crippen LogP contribution in [-0.4, -0.2) is 41.5 Å². The molecular weight excluding hydrogens is 362 g/mol. The van der Waals surface area contributed by atoms with Gasteiger partial charge in [-0.3, -0.25) is 19.7 Å². The Morgan fingerprint density at radius 1 is 1.14 bits per heavy atom. The van der Waals surface area contributed by atoms with Crippen LogP contribution in [0.4, 0.5) is 5.69 Å². The fourth-order valence-corrected chi connectivity index (χ4v) is 3.64. The zero-order valence-electron chi connectivity index (χ0n) is 15.4. The second-order valence-corrected chi connectivity index (χ2v) is 7.11. The molecule has 0 radical (unpaired) electrons. The zero-order valence-corrected chi connectivity index (χ0v) is 15.4. The van der Waals surface area contributed by atoms with Crippen molar-refractivity contribution in [1.82, 2.24) is 4.90 Å². The van der Waals surface area contributed by atoms with E-state index in [1.807, 2.05) is 24.3 Å². The first-order valence-electron chi connectivity index (χ1n) is 9.10. The SMILES string of the molecule is COc1ccc(C[NH+](CN2C(=O)c3cccc([N+](=O)[O-])c3C2=O)C2CC2)cc1. The Bertz CT molecular complexity index is 953. The summed E-state index contributed by atoms with van der Waals surface area (Å²) in [5.41, 5.74) is 0.766. The monoisotopic (exact) mass is 382 g/mol. The maximum Gasteiger partial charge on any atom is 0.282 e. The number of ether oxygens (including phenoxy) is 1. The molecule has 0 spiro atoms. The van der Waals surface area contributed by atoms with E-state index in [1.54, 1.807) is 7.11 Å². The van der Waals surface area contributed by atoms with E-state index in [2.05, 4.69) is 0 Å². The van der Waals surface area contributed by atoms with E-state index in [0.29, 0.717) is 12.6 Å². The highest BCUT2D eigenvalue weighted by Crippen LogP contribution is 2.30. The first-order valence-corrected chi connectivity index (χ1v) is 9.10. The van der Waals surface area contributed by atoms with Gasteiger partial charge in [0.1, 0.15) is 17.9 Å². The van der Waals surface area contributed by atoms with Crippen LogP contribution in [0, 0.1) is 10.1 Å². The van der Waals surface area contributed by atoms with Gasteiger partial charge in [0, 0.05) is 24.5 Å². The van der Waals surface area contributed by atoms with Gasteiger partial charge >= 0.3 is 0 Å². The lowest BCUT2D eigenvalue weighted by Crippen LogP contribution is -3.13. The van der Waals surface area contributed by atoms with E-state index in [9.17, 15) is 19.7 Å². The minimum absolute atomic E-state index is 0.0999. The van der Waals surface area contributed by atoms with E-state index >= 15 is 0 Å². The van der Waals surface area contributed by atoms with Crippen LogP contribution in [0.2, 0.25) is 0 Å². The molecule has 8 heteroatoms. The van der Waals surface area contributed by atoms with Crippen LogP contribution in [-0.2, 0) is 6.54 Å². The predicted molar refractivity (Wildman–Crippen MR) is 99.1 cm³/mol. The standard InChI is InChI=1S/C20H19N3O5/c1-28-15-9-5-13(6-10-15)11-21(14-7-8-14)12-22-19(24)16-3-2-4-17(23(26)27)18(16)20(22)25/h2-6,9-10,14H,7-8,11-12H2,1H3/p+1. The van der Waals surface area contributed by atoms with Crippen molar-refractivity contribution in [3.63, 3.8) is 0 Å². The first-order chi connectivity index (χ1) is 13.5. The van der Waals surface area contributed by atoms with Crippen LogP contribution in [0.25, 0.3) is 0 Å². The summed E-state index contributed by atoms with van der Waals surface area (Å²) in [6, 6.07) is 12.2. The molecule has 2 aliphatic rings. The third-order valence-electron chi connectivity index (χ3n) is 5.28. The van der Waals surface area contributed by atoms with Crippen molar-refractivity contribution in [2.24, 2.45) is 0 Å². The van der Waals surface area contributed by atoms with Gasteiger partial charge in [-0.05, 0) is 30.3 Å². The predicted octanol–water partition coefficient (Wildman–Crippen LogP) is 1.40. The average molecular weight is 382 g/mol. The summed E-state index contributed by atoms with van der Waals surface area (Å²) in [4.78, 5) is 38.5. The summed E-state index contributed by atoms with van der Waals surface area (Å²) < 4.78 is 5.18. The Balaban J connectivity index is 1.56. The molecular formula is C20H20N3O5+. The number of hydrogen-bond donors (Lipinski definition) is 1. The lowest BCUT2D eigenvalue weighted by atomic mass is 10.1. The quantitative estimate of drug-likeness (QED) is 0.444. The molecule has 0 saturated heterocycles. The highest BCUT2D eigenvalue weighted by atomic mass is 16.6. The van der Waals surface area contributed by atoms with Gasteiger partial charge in [0.05, 0.1) is 23.6 Å². The molecule has 1 saturated carbocycles. The summed E-state index contributed by atoms with van der Waals surface area (Å²) in [6.45, 7) is 0.852. The average Bonchev–Trinajstić information content (AvgIpc) is 3.52. The van der Waals surface area contributed by atoms with Crippen LogP contribution in [0.3, 0.4) is 0 Å². The van der Waals surface area contributed by atoms with Gasteiger partial charge in [-0.1, -0.05) is 6.07 Å². The molecule has 8 nitrogen and oxygen atoms in total. The molecule has 1 atom stereocenters. The third-order valence-corrected chi connectivity index (χ3v) is 5.28. The van der Waals surface area contributed by atoms with E-state index in [4.69, 9.17) is 4.74 Å². The molecule has 0 aromatic heterocycles. The van der Waals surface area contributed by atoms with Gasteiger partial charge < -0.3 is 9.64 Å². The maximum absolute atomic E-state index is 12.8. The molecule has 2 amide bonds. The molecule has 1 unspecified atom stereocenters. The Morgan fingerprint density at radius 2 is 1.86 bits per heavy atom. The minimum atomic E-state index is -0.615. The van der Waals surface area contributed by atoms with Crippen molar-refractivity contribution in [3.8, 4) is 5.75 Å². The molecule has 2 aromatic rings. The number of imide groups is 1. The van der Waals surface area contributed by atoms with Gasteiger partial charge in [-0.15, -0.1) is 0 Å². The van der Waals surface area contributed by atoms with Gasteiger partial charge in [-0.2, -0.15) is 0 Å². The summed E-state index contributed by atoms with van der Waals surface area (Å²) in [5, 5.41) is 11.3. The van der Waals surface area contributed by atoms with E-state index in [0.717, 1.165) is 34.0 Å². The highest BCUT2D eigenvalue weighted by molar-refractivity contribution is 6.23. The molecule has 144 valence electrons. The Hall–Kier alpha value is -3.26. The number of nitrogens with zero attached hydrogens (tertiary/aromatic N) is 2. The van der Waals surface area contributed by atoms with Crippen molar-refractivity contribution >= 4 is 17.5 Å². The molecule has 1 fully saturated rings. The summed E-state index contributed by atoms with van der Waals surface area (Å²) in [7, 11) is 1.61. The zero-order chi connectivity index (χ0) is 19.8. The number of nitro groups is 1. The summed E-state index contributed by atoms with van der Waals surface area (Å²) in [5.74, 6) is -0.277. The number of quaternary nitrogens is 1. The third kappa shape index (κ3) is 3.22. The van der Waals surface area contributed by atoms with E-state index in [-0.39, 0.29) is 23.5 Å². The fourth-order valence-electron chi connectivity index (χ4n) is 3.64. The lowest BCUT2D eigenvalue weighted by molar-refractivity contribution is -0.931. The van der Waals surface area contributed by atoms with Gasteiger partial charge in [0.15, 0.2) is 6.67 Å².